The lowest BCUT2D eigenvalue weighted by atomic mass is 10.0. The highest BCUT2D eigenvalue weighted by molar-refractivity contribution is 7.93. The van der Waals surface area contributed by atoms with Crippen molar-refractivity contribution in [2.45, 2.75) is 38.8 Å². The highest BCUT2D eigenvalue weighted by atomic mass is 35.5. The molecule has 0 spiro atoms. The molecule has 1 fully saturated rings. The van der Waals surface area contributed by atoms with Crippen molar-refractivity contribution in [1.29, 1.82) is 0 Å². The maximum atomic E-state index is 13.5. The zero-order chi connectivity index (χ0) is 23.3. The number of aliphatic hydroxyl groups excluding tert-OH is 1. The topological polar surface area (TPSA) is 82.4 Å². The van der Waals surface area contributed by atoms with Crippen molar-refractivity contribution >= 4 is 27.5 Å². The maximum absolute atomic E-state index is 13.5. The minimum absolute atomic E-state index is 0.0307. The van der Waals surface area contributed by atoms with E-state index in [0.29, 0.717) is 18.2 Å². The molecule has 0 aromatic heterocycles. The summed E-state index contributed by atoms with van der Waals surface area (Å²) in [7, 11) is -1.97. The van der Waals surface area contributed by atoms with Crippen LogP contribution >= 0.6 is 11.6 Å². The molecule has 2 unspecified atom stereocenters. The lowest BCUT2D eigenvalue weighted by Crippen LogP contribution is -2.43. The first-order valence-corrected chi connectivity index (χ1v) is 12.4. The molecule has 2 atom stereocenters. The molecule has 2 aliphatic rings. The predicted molar refractivity (Wildman–Crippen MR) is 127 cm³/mol. The number of allylic oxidation sites excluding steroid dienone is 4. The summed E-state index contributed by atoms with van der Waals surface area (Å²) < 4.78 is 28.5. The second-order valence-corrected chi connectivity index (χ2v) is 10.4. The molecule has 0 saturated heterocycles. The van der Waals surface area contributed by atoms with E-state index in [2.05, 4.69) is 11.7 Å². The number of aliphatic hydroxyl groups is 1. The summed E-state index contributed by atoms with van der Waals surface area (Å²) in [5.41, 5.74) is 1.73. The van der Waals surface area contributed by atoms with Crippen molar-refractivity contribution in [1.82, 2.24) is 9.21 Å². The average Bonchev–Trinajstić information content (AvgIpc) is 3.44. The minimum Gasteiger partial charge on any atom is -0.396 e. The average molecular weight is 480 g/mol. The molecule has 7 nitrogen and oxygen atoms in total. The van der Waals surface area contributed by atoms with Gasteiger partial charge < -0.3 is 14.8 Å². The van der Waals surface area contributed by atoms with Gasteiger partial charge in [-0.15, -0.1) is 0 Å². The number of hydrogen-bond donors (Lipinski definition) is 1. The lowest BCUT2D eigenvalue weighted by Gasteiger charge is -2.32. The Morgan fingerprint density at radius 3 is 2.66 bits per heavy atom. The number of oxime groups is 1. The summed E-state index contributed by atoms with van der Waals surface area (Å²) in [6.45, 7) is 6.10. The van der Waals surface area contributed by atoms with Crippen LogP contribution in [-0.4, -0.2) is 55.0 Å². The van der Waals surface area contributed by atoms with Crippen molar-refractivity contribution in [3.8, 4) is 0 Å². The van der Waals surface area contributed by atoms with E-state index in [4.69, 9.17) is 16.4 Å². The van der Waals surface area contributed by atoms with Crippen molar-refractivity contribution in [2.75, 3.05) is 20.4 Å². The Hall–Kier alpha value is -2.13. The largest absolute Gasteiger partial charge is 0.396 e. The zero-order valence-electron chi connectivity index (χ0n) is 18.4. The van der Waals surface area contributed by atoms with Gasteiger partial charge in [-0.25, -0.2) is 8.42 Å². The van der Waals surface area contributed by atoms with E-state index in [-0.39, 0.29) is 30.0 Å². The Morgan fingerprint density at radius 2 is 2.06 bits per heavy atom. The Balaban J connectivity index is 1.88. The lowest BCUT2D eigenvalue weighted by molar-refractivity contribution is 0.120. The quantitative estimate of drug-likeness (QED) is 0.545. The van der Waals surface area contributed by atoms with Gasteiger partial charge in [0.2, 0.25) is 10.0 Å². The van der Waals surface area contributed by atoms with Crippen LogP contribution in [0.5, 0.6) is 0 Å². The molecule has 0 bridgehead atoms. The van der Waals surface area contributed by atoms with Crippen LogP contribution in [0.25, 0.3) is 0 Å². The van der Waals surface area contributed by atoms with Crippen LogP contribution in [0, 0.1) is 5.92 Å². The standard InChI is InChI=1S/C23H30ClN3O4S/c1-4-21(24)13-8-17(2)32(29,30)27(22-7-5-6-20(22)15-28)14-18-9-11-19(12-10-18)23-25-31-16-26(23)3/h4,8-13,20,22,28H,2,5-7,14-16H2,1,3H3. The third-order valence-corrected chi connectivity index (χ3v) is 8.04. The minimum atomic E-state index is -3.86. The molecule has 174 valence electrons. The molecule has 1 aromatic rings. The van der Waals surface area contributed by atoms with Gasteiger partial charge in [0.1, 0.15) is 0 Å². The molecule has 0 radical (unpaired) electrons. The van der Waals surface area contributed by atoms with Gasteiger partial charge in [0.15, 0.2) is 12.6 Å². The first kappa shape index (κ1) is 24.5. The summed E-state index contributed by atoms with van der Waals surface area (Å²) in [5, 5.41) is 14.3. The summed E-state index contributed by atoms with van der Waals surface area (Å²) >= 11 is 5.99. The monoisotopic (exact) mass is 479 g/mol. The molecule has 9 heteroatoms. The van der Waals surface area contributed by atoms with E-state index in [9.17, 15) is 13.5 Å². The third-order valence-electron chi connectivity index (χ3n) is 5.88. The van der Waals surface area contributed by atoms with Gasteiger partial charge in [-0.1, -0.05) is 60.1 Å². The summed E-state index contributed by atoms with van der Waals surface area (Å²) in [6.07, 6.45) is 6.99. The molecule has 1 aliphatic carbocycles. The van der Waals surface area contributed by atoms with E-state index >= 15 is 0 Å². The highest BCUT2D eigenvalue weighted by Crippen LogP contribution is 2.34. The van der Waals surface area contributed by atoms with Crippen LogP contribution in [0.3, 0.4) is 0 Å². The van der Waals surface area contributed by atoms with E-state index in [0.717, 1.165) is 29.8 Å². The second kappa shape index (κ2) is 10.7. The van der Waals surface area contributed by atoms with Crippen LogP contribution in [0.15, 0.2) is 64.2 Å². The molecule has 1 aliphatic heterocycles. The summed E-state index contributed by atoms with van der Waals surface area (Å²) in [5.74, 6) is 0.634. The molecule has 1 saturated carbocycles. The molecule has 1 heterocycles. The number of rotatable bonds is 9. The van der Waals surface area contributed by atoms with Gasteiger partial charge >= 0.3 is 0 Å². The van der Waals surface area contributed by atoms with Crippen molar-refractivity contribution in [3.63, 3.8) is 0 Å². The van der Waals surface area contributed by atoms with Gasteiger partial charge in [-0.2, -0.15) is 4.31 Å². The van der Waals surface area contributed by atoms with Crippen LogP contribution < -0.4 is 0 Å². The van der Waals surface area contributed by atoms with E-state index in [1.54, 1.807) is 13.0 Å². The highest BCUT2D eigenvalue weighted by Gasteiger charge is 2.38. The first-order chi connectivity index (χ1) is 15.3. The van der Waals surface area contributed by atoms with Crippen molar-refractivity contribution < 1.29 is 18.4 Å². The number of hydrogen-bond acceptors (Lipinski definition) is 6. The van der Waals surface area contributed by atoms with Gasteiger partial charge in [-0.05, 0) is 43.4 Å². The number of sulfonamides is 1. The van der Waals surface area contributed by atoms with E-state index in [1.807, 2.05) is 36.2 Å². The van der Waals surface area contributed by atoms with Crippen LogP contribution in [-0.2, 0) is 21.4 Å². The SMILES string of the molecule is C=C(C=CC(Cl)=CC)S(=O)(=O)N(Cc1ccc(C2=NOCN2C)cc1)C1CCCC1CO. The smallest absolute Gasteiger partial charge is 0.243 e. The molecule has 0 amide bonds. The van der Waals surface area contributed by atoms with Crippen molar-refractivity contribution in [2.24, 2.45) is 11.1 Å². The van der Waals surface area contributed by atoms with Crippen molar-refractivity contribution in [3.05, 3.63) is 70.1 Å². The Morgan fingerprint density at radius 1 is 1.34 bits per heavy atom. The van der Waals surface area contributed by atoms with Gasteiger partial charge in [0, 0.05) is 36.8 Å². The summed E-state index contributed by atoms with van der Waals surface area (Å²) in [4.78, 5) is 6.96. The molecular formula is C23H30ClN3O4S. The fourth-order valence-corrected chi connectivity index (χ4v) is 5.57. The Labute approximate surface area is 195 Å². The van der Waals surface area contributed by atoms with Crippen LogP contribution in [0.4, 0.5) is 0 Å². The maximum Gasteiger partial charge on any atom is 0.243 e. The van der Waals surface area contributed by atoms with Crippen LogP contribution in [0.2, 0.25) is 0 Å². The normalized spacial score (nSPS) is 22.0. The van der Waals surface area contributed by atoms with Gasteiger partial charge in [-0.3, -0.25) is 0 Å². The van der Waals surface area contributed by atoms with E-state index in [1.165, 1.54) is 16.5 Å². The van der Waals surface area contributed by atoms with Crippen LogP contribution in [0.1, 0.15) is 37.3 Å². The number of benzene rings is 1. The molecule has 32 heavy (non-hydrogen) atoms. The summed E-state index contributed by atoms with van der Waals surface area (Å²) in [6, 6.07) is 7.31. The van der Waals surface area contributed by atoms with Gasteiger partial charge in [0.05, 0.1) is 4.91 Å². The molecule has 1 aromatic carbocycles. The molecule has 3 rings (SSSR count). The van der Waals surface area contributed by atoms with Gasteiger partial charge in [0.25, 0.3) is 0 Å². The third kappa shape index (κ3) is 5.43. The zero-order valence-corrected chi connectivity index (χ0v) is 20.0. The first-order valence-electron chi connectivity index (χ1n) is 10.6. The second-order valence-electron chi connectivity index (χ2n) is 8.03. The molecule has 1 N–H and O–H groups in total. The predicted octanol–water partition coefficient (Wildman–Crippen LogP) is 3.77. The molecular weight excluding hydrogens is 450 g/mol. The van der Waals surface area contributed by atoms with E-state index < -0.39 is 10.0 Å². The Kier molecular flexibility index (Phi) is 8.16. The fourth-order valence-electron chi connectivity index (χ4n) is 4.01. The number of nitrogens with zero attached hydrogens (tertiary/aromatic N) is 3. The fraction of sp³-hybridized carbons (Fsp3) is 0.435. The number of halogens is 1. The Bertz CT molecular complexity index is 1020. The number of amidine groups is 1.